The Morgan fingerprint density at radius 2 is 2.23 bits per heavy atom. The normalized spacial score (nSPS) is 31.6. The van der Waals surface area contributed by atoms with Crippen molar-refractivity contribution in [1.82, 2.24) is 5.32 Å². The fourth-order valence-corrected chi connectivity index (χ4v) is 2.10. The molecule has 0 aromatic heterocycles. The van der Waals surface area contributed by atoms with E-state index in [0.29, 0.717) is 6.10 Å². The maximum absolute atomic E-state index is 6.08. The molecule has 3 nitrogen and oxygen atoms in total. The van der Waals surface area contributed by atoms with Gasteiger partial charge < -0.3 is 15.8 Å². The van der Waals surface area contributed by atoms with Crippen molar-refractivity contribution in [3.05, 3.63) is 0 Å². The van der Waals surface area contributed by atoms with Gasteiger partial charge in [0.15, 0.2) is 0 Å². The second-order valence-electron chi connectivity index (χ2n) is 4.48. The molecule has 2 aliphatic rings. The van der Waals surface area contributed by atoms with E-state index in [1.165, 1.54) is 32.1 Å². The van der Waals surface area contributed by atoms with Crippen LogP contribution in [-0.4, -0.2) is 31.3 Å². The molecule has 3 N–H and O–H groups in total. The summed E-state index contributed by atoms with van der Waals surface area (Å²) < 4.78 is 5.52. The summed E-state index contributed by atoms with van der Waals surface area (Å²) in [5.41, 5.74) is 6.19. The van der Waals surface area contributed by atoms with Gasteiger partial charge in [-0.05, 0) is 32.1 Å². The quantitative estimate of drug-likeness (QED) is 0.674. The van der Waals surface area contributed by atoms with Crippen LogP contribution in [0, 0.1) is 0 Å². The molecule has 0 bridgehead atoms. The average Bonchev–Trinajstić information content (AvgIpc) is 2.54. The van der Waals surface area contributed by atoms with Gasteiger partial charge in [0, 0.05) is 25.2 Å². The zero-order valence-corrected chi connectivity index (χ0v) is 8.22. The van der Waals surface area contributed by atoms with Crippen LogP contribution in [0.3, 0.4) is 0 Å². The van der Waals surface area contributed by atoms with Crippen LogP contribution in [0.25, 0.3) is 0 Å². The summed E-state index contributed by atoms with van der Waals surface area (Å²) in [6.07, 6.45) is 6.56. The van der Waals surface area contributed by atoms with E-state index in [-0.39, 0.29) is 5.54 Å². The zero-order valence-electron chi connectivity index (χ0n) is 8.22. The fourth-order valence-electron chi connectivity index (χ4n) is 2.10. The smallest absolute Gasteiger partial charge is 0.0700 e. The van der Waals surface area contributed by atoms with Gasteiger partial charge in [-0.3, -0.25) is 0 Å². The first-order chi connectivity index (χ1) is 6.29. The Kier molecular flexibility index (Phi) is 2.86. The number of ether oxygens (including phenoxy) is 1. The Balaban J connectivity index is 1.57. The van der Waals surface area contributed by atoms with Gasteiger partial charge in [-0.15, -0.1) is 0 Å². The molecule has 1 saturated heterocycles. The molecular weight excluding hydrogens is 164 g/mol. The summed E-state index contributed by atoms with van der Waals surface area (Å²) in [5, 5.41) is 3.42. The van der Waals surface area contributed by atoms with Crippen molar-refractivity contribution in [2.45, 2.75) is 43.7 Å². The number of hydrogen-bond acceptors (Lipinski definition) is 3. The van der Waals surface area contributed by atoms with Gasteiger partial charge in [0.25, 0.3) is 0 Å². The molecular formula is C10H20N2O. The van der Waals surface area contributed by atoms with Gasteiger partial charge in [0.2, 0.25) is 0 Å². The largest absolute Gasteiger partial charge is 0.377 e. The second kappa shape index (κ2) is 3.95. The first-order valence-corrected chi connectivity index (χ1v) is 5.40. The Hall–Kier alpha value is -0.120. The average molecular weight is 184 g/mol. The van der Waals surface area contributed by atoms with Gasteiger partial charge in [0.05, 0.1) is 6.10 Å². The van der Waals surface area contributed by atoms with Crippen LogP contribution in [-0.2, 0) is 4.74 Å². The first-order valence-electron chi connectivity index (χ1n) is 5.40. The van der Waals surface area contributed by atoms with E-state index in [2.05, 4.69) is 5.32 Å². The van der Waals surface area contributed by atoms with E-state index in [0.717, 1.165) is 19.7 Å². The third kappa shape index (κ3) is 2.42. The fraction of sp³-hybridized carbons (Fsp3) is 1.00. The maximum Gasteiger partial charge on any atom is 0.0700 e. The number of nitrogens with two attached hydrogens (primary N) is 1. The molecule has 2 rings (SSSR count). The van der Waals surface area contributed by atoms with E-state index in [4.69, 9.17) is 10.5 Å². The van der Waals surface area contributed by atoms with Crippen LogP contribution in [0.5, 0.6) is 0 Å². The molecule has 13 heavy (non-hydrogen) atoms. The number of hydrogen-bond donors (Lipinski definition) is 2. The van der Waals surface area contributed by atoms with Gasteiger partial charge in [-0.1, -0.05) is 0 Å². The molecule has 0 aromatic rings. The lowest BCUT2D eigenvalue weighted by atomic mass is 9.78. The van der Waals surface area contributed by atoms with Crippen LogP contribution in [0.1, 0.15) is 32.1 Å². The van der Waals surface area contributed by atoms with Crippen molar-refractivity contribution < 1.29 is 4.74 Å². The van der Waals surface area contributed by atoms with Crippen molar-refractivity contribution >= 4 is 0 Å². The number of rotatable bonds is 4. The van der Waals surface area contributed by atoms with Crippen molar-refractivity contribution in [2.24, 2.45) is 5.73 Å². The molecule has 1 unspecified atom stereocenters. The number of nitrogens with one attached hydrogen (secondary N) is 1. The minimum atomic E-state index is 0.110. The van der Waals surface area contributed by atoms with E-state index in [1.54, 1.807) is 0 Å². The molecule has 1 aliphatic heterocycles. The highest BCUT2D eigenvalue weighted by Gasteiger charge is 2.32. The standard InChI is InChI=1S/C10H20N2O/c11-10(4-2-5-10)8-12-7-9-3-1-6-13-9/h9,12H,1-8,11H2. The van der Waals surface area contributed by atoms with Gasteiger partial charge in [-0.2, -0.15) is 0 Å². The molecule has 1 heterocycles. The van der Waals surface area contributed by atoms with Crippen LogP contribution in [0.2, 0.25) is 0 Å². The lowest BCUT2D eigenvalue weighted by molar-refractivity contribution is 0.106. The third-order valence-electron chi connectivity index (χ3n) is 3.22. The van der Waals surface area contributed by atoms with Gasteiger partial charge in [-0.25, -0.2) is 0 Å². The monoisotopic (exact) mass is 184 g/mol. The van der Waals surface area contributed by atoms with E-state index in [1.807, 2.05) is 0 Å². The van der Waals surface area contributed by atoms with Crippen molar-refractivity contribution in [3.63, 3.8) is 0 Å². The summed E-state index contributed by atoms with van der Waals surface area (Å²) >= 11 is 0. The SMILES string of the molecule is NC1(CNCC2CCCO2)CCC1. The lowest BCUT2D eigenvalue weighted by Gasteiger charge is -2.38. The van der Waals surface area contributed by atoms with Crippen LogP contribution in [0.15, 0.2) is 0 Å². The van der Waals surface area contributed by atoms with Crippen LogP contribution in [0.4, 0.5) is 0 Å². The highest BCUT2D eigenvalue weighted by molar-refractivity contribution is 4.94. The predicted molar refractivity (Wildman–Crippen MR) is 52.6 cm³/mol. The molecule has 76 valence electrons. The van der Waals surface area contributed by atoms with Gasteiger partial charge >= 0.3 is 0 Å². The molecule has 1 atom stereocenters. The van der Waals surface area contributed by atoms with E-state index in [9.17, 15) is 0 Å². The molecule has 1 aliphatic carbocycles. The zero-order chi connectivity index (χ0) is 9.15. The molecule has 0 amide bonds. The van der Waals surface area contributed by atoms with Gasteiger partial charge in [0.1, 0.15) is 0 Å². The van der Waals surface area contributed by atoms with Crippen LogP contribution < -0.4 is 11.1 Å². The minimum absolute atomic E-state index is 0.110. The Morgan fingerprint density at radius 1 is 1.38 bits per heavy atom. The maximum atomic E-state index is 6.08. The first kappa shape index (κ1) is 9.44. The van der Waals surface area contributed by atoms with Crippen molar-refractivity contribution in [2.75, 3.05) is 19.7 Å². The Labute approximate surface area is 80.0 Å². The second-order valence-corrected chi connectivity index (χ2v) is 4.48. The van der Waals surface area contributed by atoms with Crippen molar-refractivity contribution in [1.29, 1.82) is 0 Å². The summed E-state index contributed by atoms with van der Waals surface area (Å²) in [4.78, 5) is 0. The Morgan fingerprint density at radius 3 is 2.77 bits per heavy atom. The molecule has 0 spiro atoms. The topological polar surface area (TPSA) is 47.3 Å². The lowest BCUT2D eigenvalue weighted by Crippen LogP contribution is -2.54. The molecule has 3 heteroatoms. The summed E-state index contributed by atoms with van der Waals surface area (Å²) in [5.74, 6) is 0. The predicted octanol–water partition coefficient (Wildman–Crippen LogP) is 0.636. The summed E-state index contributed by atoms with van der Waals surface area (Å²) in [6, 6.07) is 0. The summed E-state index contributed by atoms with van der Waals surface area (Å²) in [6.45, 7) is 2.89. The van der Waals surface area contributed by atoms with E-state index >= 15 is 0 Å². The molecule has 0 aromatic carbocycles. The molecule has 0 radical (unpaired) electrons. The van der Waals surface area contributed by atoms with E-state index < -0.39 is 0 Å². The minimum Gasteiger partial charge on any atom is -0.377 e. The summed E-state index contributed by atoms with van der Waals surface area (Å²) in [7, 11) is 0. The highest BCUT2D eigenvalue weighted by Crippen LogP contribution is 2.28. The third-order valence-corrected chi connectivity index (χ3v) is 3.22. The van der Waals surface area contributed by atoms with Crippen molar-refractivity contribution in [3.8, 4) is 0 Å². The Bertz CT molecular complexity index is 162. The molecule has 1 saturated carbocycles. The molecule has 2 fully saturated rings. The van der Waals surface area contributed by atoms with Crippen LogP contribution >= 0.6 is 0 Å². The highest BCUT2D eigenvalue weighted by atomic mass is 16.5.